The zero-order valence-corrected chi connectivity index (χ0v) is 11.8. The molecule has 1 amide bonds. The second kappa shape index (κ2) is 7.27. The highest BCUT2D eigenvalue weighted by Crippen LogP contribution is 2.17. The Hall–Kier alpha value is -1.38. The van der Waals surface area contributed by atoms with Crippen molar-refractivity contribution in [2.75, 3.05) is 26.5 Å². The van der Waals surface area contributed by atoms with Crippen molar-refractivity contribution in [1.29, 1.82) is 0 Å². The van der Waals surface area contributed by atoms with Gasteiger partial charge in [-0.25, -0.2) is 4.79 Å². The highest BCUT2D eigenvalue weighted by atomic mass is 32.2. The second-order valence-corrected chi connectivity index (χ2v) is 4.67. The summed E-state index contributed by atoms with van der Waals surface area (Å²) in [6, 6.07) is 0. The first-order chi connectivity index (χ1) is 8.99. The summed E-state index contributed by atoms with van der Waals surface area (Å²) in [5, 5.41) is 12.4. The maximum atomic E-state index is 12.0. The van der Waals surface area contributed by atoms with Gasteiger partial charge in [0.05, 0.1) is 18.3 Å². The normalized spacial score (nSPS) is 12.2. The molecular formula is C11H17N3O4S. The number of aliphatic hydroxyl groups is 1. The monoisotopic (exact) mass is 287 g/mol. The van der Waals surface area contributed by atoms with Crippen molar-refractivity contribution in [2.24, 2.45) is 0 Å². The number of nitrogens with one attached hydrogen (secondary N) is 2. The van der Waals surface area contributed by atoms with Gasteiger partial charge in [-0.05, 0) is 13.2 Å². The largest absolute Gasteiger partial charge is 0.389 e. The molecule has 0 aromatic carbocycles. The molecule has 7 nitrogen and oxygen atoms in total. The molecular weight excluding hydrogens is 270 g/mol. The van der Waals surface area contributed by atoms with Crippen LogP contribution in [0.5, 0.6) is 0 Å². The number of thioether (sulfide) groups is 1. The van der Waals surface area contributed by atoms with Crippen molar-refractivity contribution in [3.8, 4) is 0 Å². The number of hydrogen-bond donors (Lipinski definition) is 3. The zero-order chi connectivity index (χ0) is 14.4. The molecule has 0 spiro atoms. The Morgan fingerprint density at radius 1 is 1.63 bits per heavy atom. The predicted octanol–water partition coefficient (Wildman–Crippen LogP) is -0.463. The fourth-order valence-corrected chi connectivity index (χ4v) is 2.15. The molecule has 1 aromatic heterocycles. The third kappa shape index (κ3) is 4.34. The lowest BCUT2D eigenvalue weighted by Gasteiger charge is -2.13. The van der Waals surface area contributed by atoms with Crippen LogP contribution in [0.4, 0.5) is 0 Å². The van der Waals surface area contributed by atoms with Gasteiger partial charge in [0.25, 0.3) is 5.91 Å². The maximum absolute atomic E-state index is 12.0. The summed E-state index contributed by atoms with van der Waals surface area (Å²) in [6.45, 7) is 1.83. The average Bonchev–Trinajstić information content (AvgIpc) is 2.35. The number of aromatic nitrogens is 2. The lowest BCUT2D eigenvalue weighted by molar-refractivity contribution is 0.0608. The maximum Gasteiger partial charge on any atom is 0.346 e. The van der Waals surface area contributed by atoms with E-state index in [0.717, 1.165) is 0 Å². The Bertz CT molecular complexity index is 503. The fraction of sp³-hybridized carbons (Fsp3) is 0.545. The number of aliphatic hydroxyl groups excluding tert-OH is 1. The number of amides is 1. The van der Waals surface area contributed by atoms with Crippen LogP contribution in [0, 0.1) is 6.92 Å². The van der Waals surface area contributed by atoms with E-state index < -0.39 is 11.8 Å². The van der Waals surface area contributed by atoms with Gasteiger partial charge in [-0.3, -0.25) is 4.79 Å². The quantitative estimate of drug-likeness (QED) is 0.483. The lowest BCUT2D eigenvalue weighted by atomic mass is 10.2. The molecule has 1 heterocycles. The summed E-state index contributed by atoms with van der Waals surface area (Å²) in [6.07, 6.45) is 0.959. The second-order valence-electron chi connectivity index (χ2n) is 3.87. The molecule has 0 radical (unpaired) electrons. The van der Waals surface area contributed by atoms with E-state index in [1.165, 1.54) is 18.9 Å². The van der Waals surface area contributed by atoms with E-state index in [9.17, 15) is 14.7 Å². The summed E-state index contributed by atoms with van der Waals surface area (Å²) in [7, 11) is 1.47. The van der Waals surface area contributed by atoms with E-state index in [4.69, 9.17) is 4.74 Å². The van der Waals surface area contributed by atoms with Gasteiger partial charge >= 0.3 is 5.69 Å². The summed E-state index contributed by atoms with van der Waals surface area (Å²) in [5.41, 5.74) is 0.276. The molecule has 0 aliphatic rings. The number of aryl methyl sites for hydroxylation is 1. The van der Waals surface area contributed by atoms with Gasteiger partial charge in [0, 0.05) is 19.3 Å². The first kappa shape index (κ1) is 15.7. The van der Waals surface area contributed by atoms with E-state index in [1.807, 2.05) is 0 Å². The van der Waals surface area contributed by atoms with Gasteiger partial charge in [-0.2, -0.15) is 4.98 Å². The number of aromatic amines is 1. The van der Waals surface area contributed by atoms with Crippen molar-refractivity contribution in [3.05, 3.63) is 21.7 Å². The number of hydrogen-bond acceptors (Lipinski definition) is 6. The summed E-state index contributed by atoms with van der Waals surface area (Å²) < 4.78 is 4.76. The molecule has 1 aromatic rings. The fourth-order valence-electron chi connectivity index (χ4n) is 1.52. The van der Waals surface area contributed by atoms with Gasteiger partial charge in [-0.15, -0.1) is 11.8 Å². The predicted molar refractivity (Wildman–Crippen MR) is 71.6 cm³/mol. The lowest BCUT2D eigenvalue weighted by Crippen LogP contribution is -2.35. The molecule has 1 unspecified atom stereocenters. The minimum Gasteiger partial charge on any atom is -0.389 e. The third-order valence-corrected chi connectivity index (χ3v) is 3.05. The number of carbonyl (C=O) groups is 1. The molecule has 0 bridgehead atoms. The summed E-state index contributed by atoms with van der Waals surface area (Å²) in [4.78, 5) is 29.5. The Balaban J connectivity index is 2.85. The van der Waals surface area contributed by atoms with Crippen molar-refractivity contribution in [3.63, 3.8) is 0 Å². The number of nitrogens with zero attached hydrogens (tertiary/aromatic N) is 1. The molecule has 0 aliphatic carbocycles. The van der Waals surface area contributed by atoms with E-state index in [2.05, 4.69) is 15.3 Å². The van der Waals surface area contributed by atoms with Crippen LogP contribution in [0.15, 0.2) is 9.82 Å². The van der Waals surface area contributed by atoms with E-state index in [0.29, 0.717) is 16.3 Å². The van der Waals surface area contributed by atoms with Crippen molar-refractivity contribution in [1.82, 2.24) is 15.3 Å². The van der Waals surface area contributed by atoms with Gasteiger partial charge in [0.15, 0.2) is 0 Å². The molecule has 8 heteroatoms. The molecule has 3 N–H and O–H groups in total. The molecule has 19 heavy (non-hydrogen) atoms. The van der Waals surface area contributed by atoms with Gasteiger partial charge < -0.3 is 20.1 Å². The Labute approximate surface area is 114 Å². The number of ether oxygens (including phenoxy) is 1. The van der Waals surface area contributed by atoms with Gasteiger partial charge in [-0.1, -0.05) is 0 Å². The highest BCUT2D eigenvalue weighted by Gasteiger charge is 2.17. The van der Waals surface area contributed by atoms with Crippen LogP contribution in [0.2, 0.25) is 0 Å². The first-order valence-corrected chi connectivity index (χ1v) is 6.82. The molecule has 1 atom stereocenters. The molecule has 106 valence electrons. The molecule has 0 fully saturated rings. The zero-order valence-electron chi connectivity index (χ0n) is 11.0. The van der Waals surface area contributed by atoms with Gasteiger partial charge in [0.2, 0.25) is 0 Å². The van der Waals surface area contributed by atoms with Crippen LogP contribution >= 0.6 is 11.8 Å². The highest BCUT2D eigenvalue weighted by molar-refractivity contribution is 7.98. The van der Waals surface area contributed by atoms with Gasteiger partial charge in [0.1, 0.15) is 5.03 Å². The van der Waals surface area contributed by atoms with Crippen LogP contribution in [0.1, 0.15) is 16.1 Å². The van der Waals surface area contributed by atoms with Crippen LogP contribution in [0.3, 0.4) is 0 Å². The van der Waals surface area contributed by atoms with Crippen LogP contribution < -0.4 is 11.0 Å². The molecule has 0 aliphatic heterocycles. The minimum atomic E-state index is -0.775. The number of carbonyl (C=O) groups excluding carboxylic acids is 1. The number of H-pyrrole nitrogens is 1. The molecule has 1 rings (SSSR count). The van der Waals surface area contributed by atoms with Crippen LogP contribution in [0.25, 0.3) is 0 Å². The summed E-state index contributed by atoms with van der Waals surface area (Å²) >= 11 is 1.22. The Morgan fingerprint density at radius 2 is 2.32 bits per heavy atom. The van der Waals surface area contributed by atoms with Crippen LogP contribution in [-0.2, 0) is 4.74 Å². The number of methoxy groups -OCH3 is 1. The van der Waals surface area contributed by atoms with Crippen molar-refractivity contribution in [2.45, 2.75) is 18.1 Å². The smallest absolute Gasteiger partial charge is 0.346 e. The van der Waals surface area contributed by atoms with E-state index in [-0.39, 0.29) is 19.1 Å². The minimum absolute atomic E-state index is 0.0685. The average molecular weight is 287 g/mol. The topological polar surface area (TPSA) is 104 Å². The first-order valence-electron chi connectivity index (χ1n) is 5.59. The molecule has 0 saturated heterocycles. The molecule has 0 saturated carbocycles. The summed E-state index contributed by atoms with van der Waals surface area (Å²) in [5.74, 6) is -0.388. The Kier molecular flexibility index (Phi) is 6.00. The SMILES string of the molecule is COCC(O)CNC(=O)c1c(SC)nc(=O)[nH]c1C. The van der Waals surface area contributed by atoms with Crippen LogP contribution in [-0.4, -0.2) is 53.6 Å². The van der Waals surface area contributed by atoms with E-state index >= 15 is 0 Å². The number of rotatable bonds is 6. The Morgan fingerprint density at radius 3 is 2.89 bits per heavy atom. The van der Waals surface area contributed by atoms with E-state index in [1.54, 1.807) is 13.2 Å². The van der Waals surface area contributed by atoms with Crippen molar-refractivity contribution >= 4 is 17.7 Å². The third-order valence-electron chi connectivity index (χ3n) is 2.36. The van der Waals surface area contributed by atoms with Crippen molar-refractivity contribution < 1.29 is 14.6 Å². The standard InChI is InChI=1S/C11H17N3O4S/c1-6-8(10(19-3)14-11(17)13-6)9(16)12-4-7(15)5-18-2/h7,15H,4-5H2,1-3H3,(H,12,16)(H,13,14,17).